The monoisotopic (exact) mass is 357 g/mol. The summed E-state index contributed by atoms with van der Waals surface area (Å²) < 4.78 is 5.47. The lowest BCUT2D eigenvalue weighted by Gasteiger charge is -2.33. The summed E-state index contributed by atoms with van der Waals surface area (Å²) in [6.45, 7) is 0.868. The summed E-state index contributed by atoms with van der Waals surface area (Å²) >= 11 is 0. The van der Waals surface area contributed by atoms with Crippen LogP contribution in [0.4, 0.5) is 4.79 Å². The first-order valence-electron chi connectivity index (χ1n) is 9.21. The van der Waals surface area contributed by atoms with Crippen LogP contribution in [0.25, 0.3) is 0 Å². The normalized spacial score (nSPS) is 27.5. The first-order chi connectivity index (χ1) is 12.6. The van der Waals surface area contributed by atoms with Crippen LogP contribution in [0.2, 0.25) is 0 Å². The molecule has 1 aromatic carbocycles. The number of nitrogens with zero attached hydrogens (tertiary/aromatic N) is 1. The number of carbonyl (C=O) groups excluding carboxylic acids is 3. The number of rotatable bonds is 4. The van der Waals surface area contributed by atoms with Crippen molar-refractivity contribution in [1.82, 2.24) is 15.5 Å². The van der Waals surface area contributed by atoms with Crippen LogP contribution in [-0.2, 0) is 26.3 Å². The number of fused-ring (bicyclic) bond motifs is 2. The second kappa shape index (κ2) is 6.72. The van der Waals surface area contributed by atoms with Crippen LogP contribution < -0.4 is 10.6 Å². The van der Waals surface area contributed by atoms with Gasteiger partial charge in [0.05, 0.1) is 6.10 Å². The van der Waals surface area contributed by atoms with Crippen molar-refractivity contribution in [3.05, 3.63) is 35.4 Å². The SMILES string of the molecule is O=C(CN1C(=O)N[C@]2(CCCc3ccccc32)C1=O)NC[C@@H]1CCCO1. The first kappa shape index (κ1) is 17.0. The van der Waals surface area contributed by atoms with Crippen LogP contribution in [0.1, 0.15) is 36.8 Å². The lowest BCUT2D eigenvalue weighted by Crippen LogP contribution is -2.47. The minimum Gasteiger partial charge on any atom is -0.376 e. The summed E-state index contributed by atoms with van der Waals surface area (Å²) in [5.74, 6) is -0.674. The molecule has 0 radical (unpaired) electrons. The summed E-state index contributed by atoms with van der Waals surface area (Å²) in [4.78, 5) is 38.8. The molecule has 4 rings (SSSR count). The van der Waals surface area contributed by atoms with Crippen molar-refractivity contribution in [1.29, 1.82) is 0 Å². The van der Waals surface area contributed by atoms with Crippen molar-refractivity contribution in [2.75, 3.05) is 19.7 Å². The minimum atomic E-state index is -1.03. The fourth-order valence-corrected chi connectivity index (χ4v) is 4.19. The van der Waals surface area contributed by atoms with Gasteiger partial charge in [0.15, 0.2) is 0 Å². The van der Waals surface area contributed by atoms with Crippen LogP contribution in [-0.4, -0.2) is 48.5 Å². The Balaban J connectivity index is 1.47. The molecule has 2 fully saturated rings. The number of imide groups is 1. The molecule has 1 aromatic rings. The van der Waals surface area contributed by atoms with Gasteiger partial charge in [-0.05, 0) is 43.2 Å². The smallest absolute Gasteiger partial charge is 0.325 e. The van der Waals surface area contributed by atoms with E-state index in [0.717, 1.165) is 48.3 Å². The Kier molecular flexibility index (Phi) is 4.40. The molecule has 0 saturated carbocycles. The van der Waals surface area contributed by atoms with Crippen LogP contribution in [0.3, 0.4) is 0 Å². The minimum absolute atomic E-state index is 0.0265. The summed E-state index contributed by atoms with van der Waals surface area (Å²) in [6, 6.07) is 7.21. The molecule has 7 heteroatoms. The average molecular weight is 357 g/mol. The largest absolute Gasteiger partial charge is 0.376 e. The van der Waals surface area contributed by atoms with E-state index < -0.39 is 11.6 Å². The molecule has 1 aliphatic carbocycles. The van der Waals surface area contributed by atoms with Crippen molar-refractivity contribution in [2.24, 2.45) is 0 Å². The third kappa shape index (κ3) is 2.86. The van der Waals surface area contributed by atoms with Crippen molar-refractivity contribution in [3.63, 3.8) is 0 Å². The van der Waals surface area contributed by atoms with Gasteiger partial charge in [-0.2, -0.15) is 0 Å². The third-order valence-corrected chi connectivity index (χ3v) is 5.50. The van der Waals surface area contributed by atoms with Gasteiger partial charge in [0.1, 0.15) is 12.1 Å². The number of amides is 4. The molecule has 4 amide bonds. The van der Waals surface area contributed by atoms with Crippen LogP contribution >= 0.6 is 0 Å². The average Bonchev–Trinajstić information content (AvgIpc) is 3.24. The summed E-state index contributed by atoms with van der Waals surface area (Å²) in [5.41, 5.74) is 0.907. The second-order valence-electron chi connectivity index (χ2n) is 7.18. The molecule has 1 spiro atoms. The van der Waals surface area contributed by atoms with Crippen molar-refractivity contribution in [3.8, 4) is 0 Å². The number of ether oxygens (including phenoxy) is 1. The molecule has 7 nitrogen and oxygen atoms in total. The van der Waals surface area contributed by atoms with Gasteiger partial charge in [-0.1, -0.05) is 24.3 Å². The molecule has 2 aliphatic heterocycles. The number of hydrogen-bond donors (Lipinski definition) is 2. The van der Waals surface area contributed by atoms with Gasteiger partial charge >= 0.3 is 6.03 Å². The second-order valence-corrected chi connectivity index (χ2v) is 7.18. The molecule has 2 heterocycles. The lowest BCUT2D eigenvalue weighted by molar-refractivity contribution is -0.135. The van der Waals surface area contributed by atoms with Crippen molar-refractivity contribution < 1.29 is 19.1 Å². The van der Waals surface area contributed by atoms with Gasteiger partial charge in [0.25, 0.3) is 5.91 Å². The molecule has 0 aromatic heterocycles. The summed E-state index contributed by atoms with van der Waals surface area (Å²) in [7, 11) is 0. The molecule has 2 saturated heterocycles. The quantitative estimate of drug-likeness (QED) is 0.789. The van der Waals surface area contributed by atoms with Crippen molar-refractivity contribution >= 4 is 17.8 Å². The molecule has 3 aliphatic rings. The van der Waals surface area contributed by atoms with Gasteiger partial charge < -0.3 is 15.4 Å². The number of urea groups is 1. The van der Waals surface area contributed by atoms with Crippen LogP contribution in [0.5, 0.6) is 0 Å². The molecule has 138 valence electrons. The Labute approximate surface area is 152 Å². The van der Waals surface area contributed by atoms with E-state index in [1.807, 2.05) is 24.3 Å². The Bertz CT molecular complexity index is 744. The zero-order valence-electron chi connectivity index (χ0n) is 14.6. The number of aryl methyl sites for hydroxylation is 1. The zero-order chi connectivity index (χ0) is 18.1. The van der Waals surface area contributed by atoms with Gasteiger partial charge in [0, 0.05) is 13.2 Å². The number of hydrogen-bond acceptors (Lipinski definition) is 4. The van der Waals surface area contributed by atoms with Gasteiger partial charge in [0.2, 0.25) is 5.91 Å². The topological polar surface area (TPSA) is 87.7 Å². The highest BCUT2D eigenvalue weighted by atomic mass is 16.5. The van der Waals surface area contributed by atoms with E-state index in [-0.39, 0.29) is 24.5 Å². The van der Waals surface area contributed by atoms with Crippen LogP contribution in [0.15, 0.2) is 24.3 Å². The number of benzene rings is 1. The lowest BCUT2D eigenvalue weighted by atomic mass is 9.76. The maximum Gasteiger partial charge on any atom is 0.325 e. The number of carbonyl (C=O) groups is 3. The van der Waals surface area contributed by atoms with Gasteiger partial charge in [-0.15, -0.1) is 0 Å². The summed E-state index contributed by atoms with van der Waals surface area (Å²) in [5, 5.41) is 5.63. The maximum absolute atomic E-state index is 13.1. The van der Waals surface area contributed by atoms with E-state index in [0.29, 0.717) is 13.0 Å². The predicted octanol–water partition coefficient (Wildman–Crippen LogP) is 1.07. The Morgan fingerprint density at radius 2 is 2.15 bits per heavy atom. The highest BCUT2D eigenvalue weighted by Gasteiger charge is 2.54. The standard InChI is InChI=1S/C19H23N3O4/c23-16(20-11-14-7-4-10-26-14)12-22-17(24)19(21-18(22)25)9-3-6-13-5-1-2-8-15(13)19/h1-2,5,8,14H,3-4,6-7,9-12H2,(H,20,23)(H,21,25)/t14-,19-/m0/s1. The Morgan fingerprint density at radius 1 is 1.31 bits per heavy atom. The number of nitrogens with one attached hydrogen (secondary N) is 2. The fourth-order valence-electron chi connectivity index (χ4n) is 4.19. The molecule has 2 atom stereocenters. The highest BCUT2D eigenvalue weighted by Crippen LogP contribution is 2.39. The first-order valence-corrected chi connectivity index (χ1v) is 9.21. The van der Waals surface area contributed by atoms with Crippen molar-refractivity contribution in [2.45, 2.75) is 43.7 Å². The zero-order valence-corrected chi connectivity index (χ0v) is 14.6. The highest BCUT2D eigenvalue weighted by molar-refractivity contribution is 6.09. The fraction of sp³-hybridized carbons (Fsp3) is 0.526. The van der Waals surface area contributed by atoms with E-state index in [1.165, 1.54) is 0 Å². The maximum atomic E-state index is 13.1. The van der Waals surface area contributed by atoms with Gasteiger partial charge in [-0.3, -0.25) is 14.5 Å². The Morgan fingerprint density at radius 3 is 2.96 bits per heavy atom. The molecular formula is C19H23N3O4. The van der Waals surface area contributed by atoms with Gasteiger partial charge in [-0.25, -0.2) is 4.79 Å². The Hall–Kier alpha value is -2.41. The van der Waals surface area contributed by atoms with E-state index in [1.54, 1.807) is 0 Å². The molecule has 0 bridgehead atoms. The van der Waals surface area contributed by atoms with E-state index in [9.17, 15) is 14.4 Å². The van der Waals surface area contributed by atoms with Crippen LogP contribution in [0, 0.1) is 0 Å². The molecule has 0 unspecified atom stereocenters. The van der Waals surface area contributed by atoms with E-state index in [4.69, 9.17) is 4.74 Å². The van der Waals surface area contributed by atoms with E-state index in [2.05, 4.69) is 10.6 Å². The third-order valence-electron chi connectivity index (χ3n) is 5.50. The molecular weight excluding hydrogens is 334 g/mol. The predicted molar refractivity (Wildman–Crippen MR) is 93.3 cm³/mol. The summed E-state index contributed by atoms with van der Waals surface area (Å²) in [6.07, 6.45) is 4.21. The van der Waals surface area contributed by atoms with E-state index >= 15 is 0 Å². The molecule has 2 N–H and O–H groups in total. The molecule has 26 heavy (non-hydrogen) atoms.